The highest BCUT2D eigenvalue weighted by atomic mass is 35.5. The van der Waals surface area contributed by atoms with Gasteiger partial charge in [-0.05, 0) is 54.5 Å². The molecule has 0 heterocycles. The van der Waals surface area contributed by atoms with E-state index in [-0.39, 0.29) is 11.7 Å². The van der Waals surface area contributed by atoms with Gasteiger partial charge in [0.15, 0.2) is 0 Å². The molecule has 0 spiro atoms. The lowest BCUT2D eigenvalue weighted by Crippen LogP contribution is -2.23. The molecule has 2 nitrogen and oxygen atoms in total. The van der Waals surface area contributed by atoms with E-state index in [1.807, 2.05) is 0 Å². The highest BCUT2D eigenvalue weighted by molar-refractivity contribution is 6.30. The smallest absolute Gasteiger partial charge is 0.244 e. The normalized spacial score (nSPS) is 20.0. The van der Waals surface area contributed by atoms with Crippen molar-refractivity contribution < 1.29 is 9.18 Å². The molecule has 0 bridgehead atoms. The fourth-order valence-corrected chi connectivity index (χ4v) is 2.52. The van der Waals surface area contributed by atoms with Crippen molar-refractivity contribution in [1.82, 2.24) is 5.32 Å². The van der Waals surface area contributed by atoms with Gasteiger partial charge in [0.2, 0.25) is 5.91 Å². The number of nitrogens with one attached hydrogen (secondary N) is 1. The van der Waals surface area contributed by atoms with Crippen molar-refractivity contribution in [3.05, 3.63) is 40.2 Å². The average Bonchev–Trinajstić information content (AvgIpc) is 3.01. The topological polar surface area (TPSA) is 29.1 Å². The zero-order valence-corrected chi connectivity index (χ0v) is 10.6. The largest absolute Gasteiger partial charge is 0.350 e. The van der Waals surface area contributed by atoms with Crippen LogP contribution in [0.2, 0.25) is 5.02 Å². The van der Waals surface area contributed by atoms with Crippen LogP contribution < -0.4 is 5.32 Å². The Morgan fingerprint density at radius 2 is 2.17 bits per heavy atom. The van der Waals surface area contributed by atoms with E-state index in [2.05, 4.69) is 5.32 Å². The molecule has 0 aromatic heterocycles. The van der Waals surface area contributed by atoms with E-state index in [1.54, 1.807) is 12.1 Å². The molecular formula is C14H13ClFNO. The summed E-state index contributed by atoms with van der Waals surface area (Å²) in [4.78, 5) is 11.7. The van der Waals surface area contributed by atoms with Crippen LogP contribution in [-0.4, -0.2) is 11.9 Å². The molecule has 1 aromatic carbocycles. The van der Waals surface area contributed by atoms with Crippen LogP contribution in [0.5, 0.6) is 0 Å². The second-order valence-electron chi connectivity index (χ2n) is 4.87. The van der Waals surface area contributed by atoms with Gasteiger partial charge >= 0.3 is 0 Å². The lowest BCUT2D eigenvalue weighted by molar-refractivity contribution is -0.116. The molecule has 2 aliphatic rings. The van der Waals surface area contributed by atoms with Gasteiger partial charge in [0.05, 0.1) is 0 Å². The van der Waals surface area contributed by atoms with Crippen LogP contribution in [0.15, 0.2) is 18.2 Å². The molecule has 0 atom stereocenters. The molecule has 0 unspecified atom stereocenters. The van der Waals surface area contributed by atoms with Crippen molar-refractivity contribution in [3.8, 4) is 0 Å². The van der Waals surface area contributed by atoms with E-state index in [9.17, 15) is 9.18 Å². The molecule has 0 radical (unpaired) electrons. The van der Waals surface area contributed by atoms with Crippen molar-refractivity contribution in [2.75, 3.05) is 0 Å². The third-order valence-electron chi connectivity index (χ3n) is 3.38. The number of rotatable bonds is 2. The van der Waals surface area contributed by atoms with Crippen molar-refractivity contribution in [3.63, 3.8) is 0 Å². The molecule has 1 saturated carbocycles. The van der Waals surface area contributed by atoms with E-state index in [0.29, 0.717) is 29.5 Å². The number of hydrogen-bond donors (Lipinski definition) is 1. The van der Waals surface area contributed by atoms with Crippen molar-refractivity contribution in [2.45, 2.75) is 31.7 Å². The quantitative estimate of drug-likeness (QED) is 0.818. The van der Waals surface area contributed by atoms with Crippen molar-refractivity contribution >= 4 is 23.1 Å². The number of halogens is 2. The number of benzene rings is 1. The van der Waals surface area contributed by atoms with Crippen LogP contribution in [-0.2, 0) is 11.2 Å². The SMILES string of the molecule is O=C(C=C1CCc2c(F)cc(Cl)cc21)NC1CC1. The van der Waals surface area contributed by atoms with Crippen LogP contribution in [0.3, 0.4) is 0 Å². The Morgan fingerprint density at radius 1 is 1.39 bits per heavy atom. The van der Waals surface area contributed by atoms with Gasteiger partial charge in [-0.2, -0.15) is 0 Å². The second kappa shape index (κ2) is 4.39. The van der Waals surface area contributed by atoms with E-state index in [4.69, 9.17) is 11.6 Å². The second-order valence-corrected chi connectivity index (χ2v) is 5.30. The Hall–Kier alpha value is -1.35. The number of fused-ring (bicyclic) bond motifs is 1. The lowest BCUT2D eigenvalue weighted by Gasteiger charge is -2.04. The average molecular weight is 266 g/mol. The van der Waals surface area contributed by atoms with Crippen molar-refractivity contribution in [2.24, 2.45) is 0 Å². The molecule has 0 aliphatic heterocycles. The van der Waals surface area contributed by atoms with Crippen LogP contribution in [0.1, 0.15) is 30.4 Å². The van der Waals surface area contributed by atoms with E-state index >= 15 is 0 Å². The first-order chi connectivity index (χ1) is 8.63. The van der Waals surface area contributed by atoms with E-state index in [0.717, 1.165) is 24.0 Å². The molecule has 18 heavy (non-hydrogen) atoms. The maximum absolute atomic E-state index is 13.7. The minimum atomic E-state index is -0.275. The molecule has 1 N–H and O–H groups in total. The predicted molar refractivity (Wildman–Crippen MR) is 68.9 cm³/mol. The molecule has 3 rings (SSSR count). The molecule has 1 amide bonds. The maximum atomic E-state index is 13.7. The third kappa shape index (κ3) is 2.27. The van der Waals surface area contributed by atoms with Gasteiger partial charge in [-0.1, -0.05) is 11.6 Å². The van der Waals surface area contributed by atoms with Crippen LogP contribution >= 0.6 is 11.6 Å². The molecule has 94 valence electrons. The van der Waals surface area contributed by atoms with Gasteiger partial charge in [-0.15, -0.1) is 0 Å². The minimum Gasteiger partial charge on any atom is -0.350 e. The van der Waals surface area contributed by atoms with Gasteiger partial charge in [0.25, 0.3) is 0 Å². The zero-order chi connectivity index (χ0) is 12.7. The first-order valence-corrected chi connectivity index (χ1v) is 6.50. The van der Waals surface area contributed by atoms with Gasteiger partial charge in [0.1, 0.15) is 5.82 Å². The van der Waals surface area contributed by atoms with Gasteiger partial charge in [0, 0.05) is 17.1 Å². The molecule has 1 aromatic rings. The Kier molecular flexibility index (Phi) is 2.86. The Balaban J connectivity index is 1.88. The molecule has 4 heteroatoms. The number of amides is 1. The highest BCUT2D eigenvalue weighted by Crippen LogP contribution is 2.35. The monoisotopic (exact) mass is 265 g/mol. The summed E-state index contributed by atoms with van der Waals surface area (Å²) in [7, 11) is 0. The number of hydrogen-bond acceptors (Lipinski definition) is 1. The summed E-state index contributed by atoms with van der Waals surface area (Å²) >= 11 is 5.86. The minimum absolute atomic E-state index is 0.0827. The summed E-state index contributed by atoms with van der Waals surface area (Å²) < 4.78 is 13.7. The summed E-state index contributed by atoms with van der Waals surface area (Å²) in [5.74, 6) is -0.357. The van der Waals surface area contributed by atoms with Crippen LogP contribution in [0, 0.1) is 5.82 Å². The first-order valence-electron chi connectivity index (χ1n) is 6.13. The van der Waals surface area contributed by atoms with E-state index < -0.39 is 0 Å². The molecule has 2 aliphatic carbocycles. The predicted octanol–water partition coefficient (Wildman–Crippen LogP) is 3.09. The Morgan fingerprint density at radius 3 is 2.89 bits per heavy atom. The van der Waals surface area contributed by atoms with Crippen molar-refractivity contribution in [1.29, 1.82) is 0 Å². The van der Waals surface area contributed by atoms with Gasteiger partial charge in [-0.3, -0.25) is 4.79 Å². The maximum Gasteiger partial charge on any atom is 0.244 e. The van der Waals surface area contributed by atoms with Gasteiger partial charge in [-0.25, -0.2) is 4.39 Å². The zero-order valence-electron chi connectivity index (χ0n) is 9.80. The highest BCUT2D eigenvalue weighted by Gasteiger charge is 2.24. The molecule has 0 saturated heterocycles. The van der Waals surface area contributed by atoms with E-state index in [1.165, 1.54) is 6.07 Å². The summed E-state index contributed by atoms with van der Waals surface area (Å²) in [6, 6.07) is 3.41. The number of carbonyl (C=O) groups is 1. The standard InChI is InChI=1S/C14H13ClFNO/c15-9-6-12-8(1-4-11(12)13(16)7-9)5-14(18)17-10-2-3-10/h5-7,10H,1-4H2,(H,17,18). The summed E-state index contributed by atoms with van der Waals surface area (Å²) in [5, 5.41) is 3.28. The first kappa shape index (κ1) is 11.7. The fourth-order valence-electron chi connectivity index (χ4n) is 2.32. The summed E-state index contributed by atoms with van der Waals surface area (Å²) in [6.45, 7) is 0. The lowest BCUT2D eigenvalue weighted by atomic mass is 10.1. The Labute approximate surface area is 110 Å². The number of carbonyl (C=O) groups excluding carboxylic acids is 1. The summed E-state index contributed by atoms with van der Waals surface area (Å²) in [6.07, 6.45) is 5.05. The summed E-state index contributed by atoms with van der Waals surface area (Å²) in [5.41, 5.74) is 2.33. The third-order valence-corrected chi connectivity index (χ3v) is 3.60. The Bertz CT molecular complexity index is 549. The molecule has 1 fully saturated rings. The number of allylic oxidation sites excluding steroid dienone is 1. The fraction of sp³-hybridized carbons (Fsp3) is 0.357. The van der Waals surface area contributed by atoms with Crippen LogP contribution in [0.25, 0.3) is 5.57 Å². The van der Waals surface area contributed by atoms with Gasteiger partial charge < -0.3 is 5.32 Å². The molecular weight excluding hydrogens is 253 g/mol. The van der Waals surface area contributed by atoms with Crippen LogP contribution in [0.4, 0.5) is 4.39 Å².